The van der Waals surface area contributed by atoms with E-state index >= 15 is 0 Å². The highest BCUT2D eigenvalue weighted by atomic mass is 32.1. The van der Waals surface area contributed by atoms with Crippen LogP contribution in [-0.2, 0) is 6.54 Å². The first kappa shape index (κ1) is 12.4. The molecule has 2 aromatic heterocycles. The number of fused-ring (bicyclic) bond motifs is 1. The number of imidazole rings is 1. The van der Waals surface area contributed by atoms with Crippen molar-refractivity contribution >= 4 is 34.6 Å². The van der Waals surface area contributed by atoms with E-state index in [1.807, 2.05) is 29.7 Å². The zero-order chi connectivity index (χ0) is 13.4. The number of hydrogen-bond donors (Lipinski definition) is 1. The van der Waals surface area contributed by atoms with Crippen molar-refractivity contribution < 1.29 is 4.74 Å². The average Bonchev–Trinajstić information content (AvgIpc) is 2.94. The number of benzene rings is 1. The molecule has 0 aliphatic carbocycles. The Morgan fingerprint density at radius 2 is 2.32 bits per heavy atom. The van der Waals surface area contributed by atoms with Gasteiger partial charge in [0, 0.05) is 11.4 Å². The smallest absolute Gasteiger partial charge is 0.178 e. The van der Waals surface area contributed by atoms with Crippen molar-refractivity contribution in [1.82, 2.24) is 14.5 Å². The van der Waals surface area contributed by atoms with E-state index < -0.39 is 0 Å². The number of nitrogens with zero attached hydrogens (tertiary/aromatic N) is 2. The molecular weight excluding hydrogens is 278 g/mol. The summed E-state index contributed by atoms with van der Waals surface area (Å²) in [6.07, 6.45) is 0. The van der Waals surface area contributed by atoms with Crippen LogP contribution in [0.4, 0.5) is 0 Å². The van der Waals surface area contributed by atoms with Crippen molar-refractivity contribution in [2.75, 3.05) is 7.11 Å². The summed E-state index contributed by atoms with van der Waals surface area (Å²) >= 11 is 7.03. The summed E-state index contributed by atoms with van der Waals surface area (Å²) in [7, 11) is 1.66. The van der Waals surface area contributed by atoms with E-state index in [4.69, 9.17) is 17.0 Å². The van der Waals surface area contributed by atoms with Gasteiger partial charge in [0.05, 0.1) is 35.4 Å². The molecule has 0 aliphatic rings. The van der Waals surface area contributed by atoms with Crippen LogP contribution in [0.15, 0.2) is 23.6 Å². The molecule has 2 heterocycles. The Kier molecular flexibility index (Phi) is 3.12. The van der Waals surface area contributed by atoms with Crippen LogP contribution in [-0.4, -0.2) is 21.6 Å². The number of hydrogen-bond acceptors (Lipinski definition) is 4. The maximum atomic E-state index is 5.38. The summed E-state index contributed by atoms with van der Waals surface area (Å²) in [6.45, 7) is 2.68. The fraction of sp³-hybridized carbons (Fsp3) is 0.231. The zero-order valence-corrected chi connectivity index (χ0v) is 12.3. The Balaban J connectivity index is 2.11. The maximum Gasteiger partial charge on any atom is 0.178 e. The number of rotatable bonds is 3. The number of methoxy groups -OCH3 is 1. The first-order chi connectivity index (χ1) is 9.17. The minimum atomic E-state index is 0.677. The molecule has 1 aromatic carbocycles. The minimum absolute atomic E-state index is 0.677. The van der Waals surface area contributed by atoms with Crippen LogP contribution in [0.2, 0.25) is 0 Å². The van der Waals surface area contributed by atoms with Crippen molar-refractivity contribution in [2.45, 2.75) is 13.5 Å². The highest BCUT2D eigenvalue weighted by Crippen LogP contribution is 2.22. The first-order valence-corrected chi connectivity index (χ1v) is 7.14. The SMILES string of the molecule is COc1ccc2[nH]c(=S)n(Cc3csc(C)n3)c2c1. The monoisotopic (exact) mass is 291 g/mol. The lowest BCUT2D eigenvalue weighted by atomic mass is 10.3. The van der Waals surface area contributed by atoms with Crippen molar-refractivity contribution in [3.05, 3.63) is 39.1 Å². The zero-order valence-electron chi connectivity index (χ0n) is 10.6. The highest BCUT2D eigenvalue weighted by Gasteiger charge is 2.08. The van der Waals surface area contributed by atoms with Gasteiger partial charge in [-0.2, -0.15) is 0 Å². The lowest BCUT2D eigenvalue weighted by molar-refractivity contribution is 0.415. The summed E-state index contributed by atoms with van der Waals surface area (Å²) in [4.78, 5) is 7.69. The van der Waals surface area contributed by atoms with Gasteiger partial charge in [0.1, 0.15) is 5.75 Å². The molecule has 4 nitrogen and oxygen atoms in total. The summed E-state index contributed by atoms with van der Waals surface area (Å²) in [6, 6.07) is 5.89. The molecular formula is C13H13N3OS2. The van der Waals surface area contributed by atoms with Gasteiger partial charge in [-0.3, -0.25) is 0 Å². The number of aromatic nitrogens is 3. The fourth-order valence-electron chi connectivity index (χ4n) is 2.06. The predicted octanol–water partition coefficient (Wildman–Crippen LogP) is 3.52. The van der Waals surface area contributed by atoms with Gasteiger partial charge in [0.2, 0.25) is 0 Å². The molecule has 3 aromatic rings. The molecule has 3 rings (SSSR count). The van der Waals surface area contributed by atoms with Crippen LogP contribution in [0.25, 0.3) is 11.0 Å². The van der Waals surface area contributed by atoms with E-state index in [9.17, 15) is 0 Å². The van der Waals surface area contributed by atoms with Gasteiger partial charge in [-0.1, -0.05) is 0 Å². The molecule has 19 heavy (non-hydrogen) atoms. The number of H-pyrrole nitrogens is 1. The van der Waals surface area contributed by atoms with Gasteiger partial charge >= 0.3 is 0 Å². The van der Waals surface area contributed by atoms with E-state index in [0.29, 0.717) is 11.3 Å². The highest BCUT2D eigenvalue weighted by molar-refractivity contribution is 7.71. The third-order valence-electron chi connectivity index (χ3n) is 2.97. The maximum absolute atomic E-state index is 5.38. The van der Waals surface area contributed by atoms with E-state index in [-0.39, 0.29) is 0 Å². The molecule has 0 radical (unpaired) electrons. The van der Waals surface area contributed by atoms with Gasteiger partial charge in [-0.25, -0.2) is 4.98 Å². The second-order valence-electron chi connectivity index (χ2n) is 4.26. The summed E-state index contributed by atoms with van der Waals surface area (Å²) in [5, 5.41) is 3.13. The quantitative estimate of drug-likeness (QED) is 0.751. The Labute approximate surface area is 119 Å². The molecule has 0 unspecified atom stereocenters. The molecule has 0 fully saturated rings. The molecule has 0 spiro atoms. The molecule has 0 saturated heterocycles. The normalized spacial score (nSPS) is 11.1. The largest absolute Gasteiger partial charge is 0.497 e. The Bertz CT molecular complexity index is 785. The Morgan fingerprint density at radius 1 is 1.47 bits per heavy atom. The molecule has 0 amide bonds. The standard InChI is InChI=1S/C13H13N3OS2/c1-8-14-9(7-19-8)6-16-12-5-10(17-2)3-4-11(12)15-13(16)18/h3-5,7H,6H2,1-2H3,(H,15,18). The lowest BCUT2D eigenvalue weighted by Crippen LogP contribution is -2.00. The number of thiazole rings is 1. The molecule has 0 bridgehead atoms. The van der Waals surface area contributed by atoms with Crippen LogP contribution in [0.3, 0.4) is 0 Å². The summed E-state index contributed by atoms with van der Waals surface area (Å²) in [5.74, 6) is 0.824. The van der Waals surface area contributed by atoms with E-state index in [0.717, 1.165) is 27.5 Å². The van der Waals surface area contributed by atoms with Crippen molar-refractivity contribution in [3.63, 3.8) is 0 Å². The van der Waals surface area contributed by atoms with Crippen LogP contribution in [0, 0.1) is 11.7 Å². The van der Waals surface area contributed by atoms with E-state index in [1.165, 1.54) is 0 Å². The number of aryl methyl sites for hydroxylation is 1. The third-order valence-corrected chi connectivity index (χ3v) is 4.11. The number of ether oxygens (including phenoxy) is 1. The van der Waals surface area contributed by atoms with Gasteiger partial charge in [0.25, 0.3) is 0 Å². The predicted molar refractivity (Wildman–Crippen MR) is 79.6 cm³/mol. The summed E-state index contributed by atoms with van der Waals surface area (Å²) in [5.41, 5.74) is 3.08. The average molecular weight is 291 g/mol. The first-order valence-electron chi connectivity index (χ1n) is 5.85. The topological polar surface area (TPSA) is 42.8 Å². The number of aromatic amines is 1. The summed E-state index contributed by atoms with van der Waals surface area (Å²) < 4.78 is 8.01. The Morgan fingerprint density at radius 3 is 3.00 bits per heavy atom. The van der Waals surface area contributed by atoms with Crippen LogP contribution < -0.4 is 4.74 Å². The van der Waals surface area contributed by atoms with E-state index in [1.54, 1.807) is 18.4 Å². The second-order valence-corrected chi connectivity index (χ2v) is 5.71. The van der Waals surface area contributed by atoms with Gasteiger partial charge in [-0.05, 0) is 31.3 Å². The van der Waals surface area contributed by atoms with Crippen LogP contribution in [0.1, 0.15) is 10.7 Å². The van der Waals surface area contributed by atoms with Crippen molar-refractivity contribution in [2.24, 2.45) is 0 Å². The molecule has 98 valence electrons. The third kappa shape index (κ3) is 2.29. The lowest BCUT2D eigenvalue weighted by Gasteiger charge is -2.03. The Hall–Kier alpha value is -1.66. The molecule has 0 aliphatic heterocycles. The van der Waals surface area contributed by atoms with Gasteiger partial charge in [-0.15, -0.1) is 11.3 Å². The molecule has 6 heteroatoms. The van der Waals surface area contributed by atoms with Gasteiger partial charge < -0.3 is 14.3 Å². The molecule has 0 saturated carbocycles. The van der Waals surface area contributed by atoms with Crippen molar-refractivity contribution in [3.8, 4) is 5.75 Å². The molecule has 1 N–H and O–H groups in total. The van der Waals surface area contributed by atoms with Crippen LogP contribution >= 0.6 is 23.6 Å². The molecule has 0 atom stereocenters. The fourth-order valence-corrected chi connectivity index (χ4v) is 2.94. The number of nitrogens with one attached hydrogen (secondary N) is 1. The van der Waals surface area contributed by atoms with Gasteiger partial charge in [0.15, 0.2) is 4.77 Å². The van der Waals surface area contributed by atoms with E-state index in [2.05, 4.69) is 15.3 Å². The van der Waals surface area contributed by atoms with Crippen molar-refractivity contribution in [1.29, 1.82) is 0 Å². The second kappa shape index (κ2) is 4.79. The van der Waals surface area contributed by atoms with Crippen LogP contribution in [0.5, 0.6) is 5.75 Å². The minimum Gasteiger partial charge on any atom is -0.497 e.